The Bertz CT molecular complexity index is 362. The third kappa shape index (κ3) is 1.57. The highest BCUT2D eigenvalue weighted by Gasteiger charge is 2.58. The van der Waals surface area contributed by atoms with Crippen LogP contribution in [0.2, 0.25) is 5.54 Å². The number of hydrogen-bond donors (Lipinski definition) is 0. The molecule has 2 rings (SSSR count). The zero-order valence-corrected chi connectivity index (χ0v) is 11.4. The summed E-state index contributed by atoms with van der Waals surface area (Å²) in [7, 11) is 1.36. The lowest BCUT2D eigenvalue weighted by molar-refractivity contribution is 0.207. The lowest BCUT2D eigenvalue weighted by Crippen LogP contribution is -2.71. The third-order valence-corrected chi connectivity index (χ3v) is 7.18. The second kappa shape index (κ2) is 4.20. The quantitative estimate of drug-likeness (QED) is 0.754. The maximum absolute atomic E-state index is 5.68. The second-order valence-corrected chi connectivity index (χ2v) is 7.99. The molecule has 16 heavy (non-hydrogen) atoms. The first-order chi connectivity index (χ1) is 7.64. The Kier molecular flexibility index (Phi) is 3.05. The fourth-order valence-electron chi connectivity index (χ4n) is 2.39. The van der Waals surface area contributed by atoms with Crippen LogP contribution in [-0.4, -0.2) is 29.5 Å². The predicted octanol–water partition coefficient (Wildman–Crippen LogP) is 2.44. The smallest absolute Gasteiger partial charge is 0.381 e. The molecule has 1 fully saturated rings. The van der Waals surface area contributed by atoms with Crippen molar-refractivity contribution < 1.29 is 8.85 Å². The van der Waals surface area contributed by atoms with Gasteiger partial charge in [-0.15, -0.1) is 0 Å². The molecule has 0 amide bonds. The molecule has 1 aliphatic heterocycles. The van der Waals surface area contributed by atoms with Crippen LogP contribution >= 0.6 is 0 Å². The van der Waals surface area contributed by atoms with Gasteiger partial charge in [-0.2, -0.15) is 0 Å². The molecule has 1 atom stereocenters. The van der Waals surface area contributed by atoms with E-state index in [-0.39, 0.29) is 0 Å². The highest BCUT2D eigenvalue weighted by molar-refractivity contribution is 6.76. The van der Waals surface area contributed by atoms with Gasteiger partial charge in [0.1, 0.15) is 0 Å². The molecule has 0 bridgehead atoms. The average Bonchev–Trinajstić information content (AvgIpc) is 2.29. The van der Waals surface area contributed by atoms with Crippen LogP contribution in [0.1, 0.15) is 12.5 Å². The minimum absolute atomic E-state index is 0.517. The molecule has 0 aliphatic carbocycles. The molecule has 1 aromatic carbocycles. The lowest BCUT2D eigenvalue weighted by atomic mass is 10.2. The fraction of sp³-hybridized carbons (Fsp3) is 0.500. The van der Waals surface area contributed by atoms with Gasteiger partial charge >= 0.3 is 8.72 Å². The molecule has 88 valence electrons. The minimum Gasteiger partial charge on any atom is -0.381 e. The summed E-state index contributed by atoms with van der Waals surface area (Å²) >= 11 is 0. The van der Waals surface area contributed by atoms with Gasteiger partial charge < -0.3 is 13.4 Å². The molecule has 1 aliphatic rings. The van der Waals surface area contributed by atoms with Crippen LogP contribution in [-0.2, 0) is 8.85 Å². The van der Waals surface area contributed by atoms with Gasteiger partial charge in [0.15, 0.2) is 0 Å². The van der Waals surface area contributed by atoms with Crippen molar-refractivity contribution >= 4 is 14.4 Å². The van der Waals surface area contributed by atoms with E-state index < -0.39 is 8.72 Å². The molecule has 0 saturated carbocycles. The third-order valence-electron chi connectivity index (χ3n) is 3.39. The molecule has 1 saturated heterocycles. The average molecular weight is 237 g/mol. The fourth-order valence-corrected chi connectivity index (χ4v) is 5.46. The molecule has 4 heteroatoms. The van der Waals surface area contributed by atoms with E-state index in [2.05, 4.69) is 42.7 Å². The predicted molar refractivity (Wildman–Crippen MR) is 67.7 cm³/mol. The first-order valence-corrected chi connectivity index (χ1v) is 7.42. The first kappa shape index (κ1) is 11.6. The molecule has 1 unspecified atom stereocenters. The Morgan fingerprint density at radius 2 is 1.75 bits per heavy atom. The van der Waals surface area contributed by atoms with Crippen molar-refractivity contribution in [2.75, 3.05) is 25.3 Å². The van der Waals surface area contributed by atoms with E-state index in [0.29, 0.717) is 5.54 Å². The van der Waals surface area contributed by atoms with Crippen LogP contribution in [0.3, 0.4) is 0 Å². The normalized spacial score (nSPS) is 23.0. The first-order valence-electron chi connectivity index (χ1n) is 5.58. The van der Waals surface area contributed by atoms with Crippen LogP contribution in [0.25, 0.3) is 0 Å². The number of aryl methyl sites for hydroxylation is 1. The Morgan fingerprint density at radius 3 is 2.19 bits per heavy atom. The summed E-state index contributed by atoms with van der Waals surface area (Å²) in [5, 5.41) is 0. The van der Waals surface area contributed by atoms with E-state index in [1.54, 1.807) is 14.2 Å². The maximum atomic E-state index is 5.68. The molecule has 0 radical (unpaired) electrons. The standard InChI is InChI=1S/C12H19NO2Si/c1-10-5-7-12(8-6-10)13-9-11(2)16(13,14-3)15-4/h5-8,11H,9H2,1-4H3. The van der Waals surface area contributed by atoms with Crippen molar-refractivity contribution in [3.05, 3.63) is 29.8 Å². The Morgan fingerprint density at radius 1 is 1.19 bits per heavy atom. The summed E-state index contributed by atoms with van der Waals surface area (Å²) in [4.78, 5) is 0. The zero-order chi connectivity index (χ0) is 11.8. The van der Waals surface area contributed by atoms with Gasteiger partial charge in [-0.05, 0) is 19.1 Å². The van der Waals surface area contributed by atoms with E-state index in [1.807, 2.05) is 0 Å². The van der Waals surface area contributed by atoms with Gasteiger partial charge in [0.2, 0.25) is 0 Å². The molecule has 0 N–H and O–H groups in total. The van der Waals surface area contributed by atoms with E-state index in [4.69, 9.17) is 8.85 Å². The van der Waals surface area contributed by atoms with E-state index in [0.717, 1.165) is 6.54 Å². The van der Waals surface area contributed by atoms with Gasteiger partial charge in [-0.1, -0.05) is 24.6 Å². The summed E-state index contributed by atoms with van der Waals surface area (Å²) < 4.78 is 13.6. The Labute approximate surface area is 98.3 Å². The molecule has 3 nitrogen and oxygen atoms in total. The summed E-state index contributed by atoms with van der Waals surface area (Å²) in [5.74, 6) is 0. The largest absolute Gasteiger partial charge is 0.463 e. The summed E-state index contributed by atoms with van der Waals surface area (Å²) in [5.41, 5.74) is 3.00. The van der Waals surface area contributed by atoms with E-state index in [1.165, 1.54) is 11.3 Å². The van der Waals surface area contributed by atoms with E-state index >= 15 is 0 Å². The van der Waals surface area contributed by atoms with Crippen molar-refractivity contribution in [3.8, 4) is 0 Å². The molecule has 1 aromatic rings. The number of anilines is 1. The van der Waals surface area contributed by atoms with Gasteiger partial charge in [-0.25, -0.2) is 0 Å². The Balaban J connectivity index is 2.26. The number of rotatable bonds is 3. The van der Waals surface area contributed by atoms with E-state index in [9.17, 15) is 0 Å². The maximum Gasteiger partial charge on any atom is 0.463 e. The summed E-state index contributed by atoms with van der Waals surface area (Å²) in [6, 6.07) is 8.54. The lowest BCUT2D eigenvalue weighted by Gasteiger charge is -2.52. The highest BCUT2D eigenvalue weighted by Crippen LogP contribution is 2.41. The number of hydrogen-bond acceptors (Lipinski definition) is 3. The number of nitrogens with zero attached hydrogens (tertiary/aromatic N) is 1. The zero-order valence-electron chi connectivity index (χ0n) is 10.4. The summed E-state index contributed by atoms with van der Waals surface area (Å²) in [6.45, 7) is 5.32. The van der Waals surface area contributed by atoms with Crippen LogP contribution in [0.15, 0.2) is 24.3 Å². The Hall–Kier alpha value is -0.843. The monoisotopic (exact) mass is 237 g/mol. The van der Waals surface area contributed by atoms with Crippen LogP contribution in [0, 0.1) is 6.92 Å². The van der Waals surface area contributed by atoms with Crippen molar-refractivity contribution in [1.82, 2.24) is 0 Å². The van der Waals surface area contributed by atoms with Gasteiger partial charge in [0, 0.05) is 32.0 Å². The van der Waals surface area contributed by atoms with Gasteiger partial charge in [0.25, 0.3) is 0 Å². The van der Waals surface area contributed by atoms with Gasteiger partial charge in [-0.3, -0.25) is 0 Å². The second-order valence-electron chi connectivity index (χ2n) is 4.39. The van der Waals surface area contributed by atoms with Crippen molar-refractivity contribution in [1.29, 1.82) is 0 Å². The topological polar surface area (TPSA) is 21.7 Å². The minimum atomic E-state index is -2.15. The van der Waals surface area contributed by atoms with Crippen molar-refractivity contribution in [3.63, 3.8) is 0 Å². The molecule has 1 heterocycles. The van der Waals surface area contributed by atoms with Crippen LogP contribution < -0.4 is 4.57 Å². The molecule has 0 spiro atoms. The van der Waals surface area contributed by atoms with Crippen molar-refractivity contribution in [2.45, 2.75) is 19.4 Å². The van der Waals surface area contributed by atoms with Crippen LogP contribution in [0.4, 0.5) is 5.69 Å². The van der Waals surface area contributed by atoms with Gasteiger partial charge in [0.05, 0.1) is 0 Å². The highest BCUT2D eigenvalue weighted by atomic mass is 28.4. The molecule has 0 aromatic heterocycles. The van der Waals surface area contributed by atoms with Crippen molar-refractivity contribution in [2.24, 2.45) is 0 Å². The molecular formula is C12H19NO2Si. The number of benzene rings is 1. The molecular weight excluding hydrogens is 218 g/mol. The summed E-state index contributed by atoms with van der Waals surface area (Å²) in [6.07, 6.45) is 0. The van der Waals surface area contributed by atoms with Crippen LogP contribution in [0.5, 0.6) is 0 Å². The SMILES string of the molecule is CO[Si]1(OC)C(C)CN1c1ccc(C)cc1.